The van der Waals surface area contributed by atoms with Crippen molar-refractivity contribution in [3.63, 3.8) is 0 Å². The third-order valence-electron chi connectivity index (χ3n) is 1.20. The Balaban J connectivity index is 2.60. The van der Waals surface area contributed by atoms with E-state index in [1.54, 1.807) is 0 Å². The highest BCUT2D eigenvalue weighted by atomic mass is 16.5. The van der Waals surface area contributed by atoms with Gasteiger partial charge in [-0.3, -0.25) is 0 Å². The van der Waals surface area contributed by atoms with Crippen molar-refractivity contribution in [3.05, 3.63) is 0 Å². The Morgan fingerprint density at radius 2 is 2.38 bits per heavy atom. The van der Waals surface area contributed by atoms with Gasteiger partial charge in [-0.25, -0.2) is 0 Å². The van der Waals surface area contributed by atoms with Crippen LogP contribution in [-0.4, -0.2) is 23.9 Å². The molecule has 1 heterocycles. The van der Waals surface area contributed by atoms with Crippen LogP contribution in [0.25, 0.3) is 0 Å². The van der Waals surface area contributed by atoms with E-state index in [-0.39, 0.29) is 6.23 Å². The minimum atomic E-state index is 0.139. The third kappa shape index (κ3) is 0.757. The van der Waals surface area contributed by atoms with Crippen molar-refractivity contribution in [1.82, 2.24) is 5.43 Å². The Hall–Kier alpha value is -0.730. The predicted octanol–water partition coefficient (Wildman–Crippen LogP) is -0.0721. The van der Waals surface area contributed by atoms with Gasteiger partial charge in [0.2, 0.25) is 6.23 Å². The van der Waals surface area contributed by atoms with Crippen molar-refractivity contribution < 1.29 is 9.42 Å². The fourth-order valence-corrected chi connectivity index (χ4v) is 0.725. The van der Waals surface area contributed by atoms with Crippen LogP contribution in [0.2, 0.25) is 0 Å². The van der Waals surface area contributed by atoms with Gasteiger partial charge in [-0.1, -0.05) is 4.68 Å². The van der Waals surface area contributed by atoms with Crippen LogP contribution in [0.15, 0.2) is 0 Å². The van der Waals surface area contributed by atoms with Crippen LogP contribution in [0.4, 0.5) is 0 Å². The van der Waals surface area contributed by atoms with Crippen LogP contribution < -0.4 is 5.43 Å². The Morgan fingerprint density at radius 3 is 2.50 bits per heavy atom. The highest BCUT2D eigenvalue weighted by Gasteiger charge is 2.20. The number of nitrogens with one attached hydrogen (secondary N) is 1. The molecule has 0 aromatic heterocycles. The summed E-state index contributed by atoms with van der Waals surface area (Å²) in [5, 5.41) is 0. The molecule has 1 rings (SSSR count). The molecule has 0 fully saturated rings. The summed E-state index contributed by atoms with van der Waals surface area (Å²) in [6, 6.07) is 0. The quantitative estimate of drug-likeness (QED) is 0.447. The molecule has 0 aromatic carbocycles. The summed E-state index contributed by atoms with van der Waals surface area (Å²) in [6.07, 6.45) is 0.139. The average Bonchev–Trinajstić information content (AvgIpc) is 1.85. The number of ether oxygens (including phenoxy) is 1. The lowest BCUT2D eigenvalue weighted by Gasteiger charge is -1.94. The zero-order valence-electron chi connectivity index (χ0n) is 5.43. The molecule has 0 saturated heterocycles. The summed E-state index contributed by atoms with van der Waals surface area (Å²) >= 11 is 0. The Kier molecular flexibility index (Phi) is 1.12. The average molecular weight is 115 g/mol. The highest BCUT2D eigenvalue weighted by molar-refractivity contribution is 5.68. The maximum absolute atomic E-state index is 5.20. The third-order valence-corrected chi connectivity index (χ3v) is 1.20. The zero-order chi connectivity index (χ0) is 6.15. The second kappa shape index (κ2) is 1.65. The first kappa shape index (κ1) is 5.41. The molecule has 0 amide bonds. The van der Waals surface area contributed by atoms with E-state index in [1.807, 2.05) is 25.6 Å². The molecule has 3 heteroatoms. The maximum Gasteiger partial charge on any atom is 0.363 e. The van der Waals surface area contributed by atoms with Crippen molar-refractivity contribution in [2.75, 3.05) is 7.05 Å². The van der Waals surface area contributed by atoms with Gasteiger partial charge in [0.05, 0.1) is 6.92 Å². The van der Waals surface area contributed by atoms with Crippen LogP contribution in [0.1, 0.15) is 13.8 Å². The molecule has 0 radical (unpaired) electrons. The molecular formula is C5H11N2O+. The Bertz CT molecular complexity index is 116. The monoisotopic (exact) mass is 115 g/mol. The van der Waals surface area contributed by atoms with Crippen LogP contribution in [0.3, 0.4) is 0 Å². The molecule has 1 aliphatic rings. The fourth-order valence-electron chi connectivity index (χ4n) is 0.725. The SMILES string of the molecule is CC1=[N+](C)NC(C)O1. The zero-order valence-corrected chi connectivity index (χ0v) is 5.43. The lowest BCUT2D eigenvalue weighted by molar-refractivity contribution is -0.555. The molecule has 1 unspecified atom stereocenters. The van der Waals surface area contributed by atoms with Gasteiger partial charge in [0.15, 0.2) is 7.05 Å². The van der Waals surface area contributed by atoms with Gasteiger partial charge in [-0.15, -0.1) is 0 Å². The van der Waals surface area contributed by atoms with Crippen LogP contribution in [-0.2, 0) is 4.74 Å². The molecular weight excluding hydrogens is 104 g/mol. The predicted molar refractivity (Wildman–Crippen MR) is 30.5 cm³/mol. The summed E-state index contributed by atoms with van der Waals surface area (Å²) < 4.78 is 7.07. The van der Waals surface area contributed by atoms with Crippen LogP contribution >= 0.6 is 0 Å². The van der Waals surface area contributed by atoms with Crippen LogP contribution in [0, 0.1) is 0 Å². The summed E-state index contributed by atoms with van der Waals surface area (Å²) in [4.78, 5) is 0. The molecule has 0 bridgehead atoms. The lowest BCUT2D eigenvalue weighted by atomic mass is 10.7. The van der Waals surface area contributed by atoms with Crippen LogP contribution in [0.5, 0.6) is 0 Å². The number of hydrogen-bond donors (Lipinski definition) is 1. The minimum absolute atomic E-state index is 0.139. The van der Waals surface area contributed by atoms with E-state index in [0.29, 0.717) is 0 Å². The maximum atomic E-state index is 5.20. The first-order chi connectivity index (χ1) is 3.70. The van der Waals surface area contributed by atoms with E-state index in [1.165, 1.54) is 0 Å². The lowest BCUT2D eigenvalue weighted by Crippen LogP contribution is -2.26. The van der Waals surface area contributed by atoms with Gasteiger partial charge in [-0.05, 0) is 6.92 Å². The topological polar surface area (TPSA) is 24.3 Å². The first-order valence-corrected chi connectivity index (χ1v) is 2.70. The number of hydrogen-bond acceptors (Lipinski definition) is 2. The molecule has 0 aliphatic carbocycles. The molecule has 3 nitrogen and oxygen atoms in total. The van der Waals surface area contributed by atoms with Gasteiger partial charge in [0.1, 0.15) is 0 Å². The molecule has 0 saturated carbocycles. The van der Waals surface area contributed by atoms with E-state index in [0.717, 1.165) is 5.90 Å². The van der Waals surface area contributed by atoms with Crippen molar-refractivity contribution >= 4 is 5.90 Å². The Morgan fingerprint density at radius 1 is 1.75 bits per heavy atom. The molecule has 1 aliphatic heterocycles. The summed E-state index contributed by atoms with van der Waals surface area (Å²) in [5.41, 5.74) is 3.04. The smallest absolute Gasteiger partial charge is 0.363 e. The van der Waals surface area contributed by atoms with E-state index in [4.69, 9.17) is 4.74 Å². The first-order valence-electron chi connectivity index (χ1n) is 2.70. The summed E-state index contributed by atoms with van der Waals surface area (Å²) in [6.45, 7) is 3.89. The van der Waals surface area contributed by atoms with Crippen molar-refractivity contribution in [2.24, 2.45) is 0 Å². The number of nitrogens with zero attached hydrogens (tertiary/aromatic N) is 1. The summed E-state index contributed by atoms with van der Waals surface area (Å²) in [5.74, 6) is 0.928. The van der Waals surface area contributed by atoms with Crippen molar-refractivity contribution in [3.8, 4) is 0 Å². The van der Waals surface area contributed by atoms with E-state index in [9.17, 15) is 0 Å². The van der Waals surface area contributed by atoms with Crippen molar-refractivity contribution in [1.29, 1.82) is 0 Å². The number of hydrazine groups is 1. The van der Waals surface area contributed by atoms with E-state index >= 15 is 0 Å². The van der Waals surface area contributed by atoms with Gasteiger partial charge < -0.3 is 4.74 Å². The normalized spacial score (nSPS) is 27.6. The molecule has 0 aromatic rings. The van der Waals surface area contributed by atoms with Gasteiger partial charge in [-0.2, -0.15) is 5.43 Å². The van der Waals surface area contributed by atoms with Crippen molar-refractivity contribution in [2.45, 2.75) is 20.1 Å². The molecule has 1 N–H and O–H groups in total. The van der Waals surface area contributed by atoms with E-state index in [2.05, 4.69) is 5.43 Å². The number of rotatable bonds is 0. The second-order valence-electron chi connectivity index (χ2n) is 1.97. The van der Waals surface area contributed by atoms with Gasteiger partial charge in [0.25, 0.3) is 0 Å². The molecule has 1 atom stereocenters. The van der Waals surface area contributed by atoms with Gasteiger partial charge in [0, 0.05) is 0 Å². The minimum Gasteiger partial charge on any atom is -0.418 e. The van der Waals surface area contributed by atoms with E-state index < -0.39 is 0 Å². The molecule has 0 spiro atoms. The molecule has 8 heavy (non-hydrogen) atoms. The second-order valence-corrected chi connectivity index (χ2v) is 1.97. The number of hydrazone groups is 1. The fraction of sp³-hybridized carbons (Fsp3) is 0.800. The van der Waals surface area contributed by atoms with Gasteiger partial charge >= 0.3 is 5.90 Å². The summed E-state index contributed by atoms with van der Waals surface area (Å²) in [7, 11) is 1.93. The Labute approximate surface area is 48.9 Å². The molecule has 46 valence electrons. The largest absolute Gasteiger partial charge is 0.418 e. The highest BCUT2D eigenvalue weighted by Crippen LogP contribution is 1.93. The standard InChI is InChI=1S/C5H11N2O/c1-4-6-7(3)5(2)8-4/h4,6H,1-3H3/q+1.